The summed E-state index contributed by atoms with van der Waals surface area (Å²) in [5.74, 6) is 1.57. The van der Waals surface area contributed by atoms with Crippen molar-refractivity contribution in [2.75, 3.05) is 14.2 Å². The lowest BCUT2D eigenvalue weighted by Gasteiger charge is -2.12. The number of aryl methyl sites for hydroxylation is 2. The lowest BCUT2D eigenvalue weighted by Crippen LogP contribution is -2.05. The molecule has 0 fully saturated rings. The molecule has 0 aliphatic heterocycles. The number of Topliss-reactive ketones (excluding diaryl/α,β-unsaturated/α-hetero) is 1. The third-order valence-electron chi connectivity index (χ3n) is 4.65. The molecule has 4 nitrogen and oxygen atoms in total. The van der Waals surface area contributed by atoms with Gasteiger partial charge in [-0.15, -0.1) is 0 Å². The van der Waals surface area contributed by atoms with E-state index in [0.717, 1.165) is 46.6 Å². The SMILES string of the molecule is COc1ccc(CCn2c(C)c(C(C)=O)c3ccccc32)cc1OC. The van der Waals surface area contributed by atoms with Crippen LogP contribution < -0.4 is 9.47 Å². The number of ether oxygens (including phenoxy) is 2. The summed E-state index contributed by atoms with van der Waals surface area (Å²) in [6, 6.07) is 14.1. The van der Waals surface area contributed by atoms with E-state index in [1.165, 1.54) is 5.56 Å². The molecule has 0 atom stereocenters. The summed E-state index contributed by atoms with van der Waals surface area (Å²) >= 11 is 0. The van der Waals surface area contributed by atoms with Crippen molar-refractivity contribution in [3.63, 3.8) is 0 Å². The Labute approximate surface area is 148 Å². The van der Waals surface area contributed by atoms with E-state index in [0.29, 0.717) is 0 Å². The fraction of sp³-hybridized carbons (Fsp3) is 0.286. The highest BCUT2D eigenvalue weighted by Crippen LogP contribution is 2.29. The van der Waals surface area contributed by atoms with Gasteiger partial charge in [0.25, 0.3) is 0 Å². The number of nitrogens with zero attached hydrogens (tertiary/aromatic N) is 1. The fourth-order valence-electron chi connectivity index (χ4n) is 3.44. The van der Waals surface area contributed by atoms with Crippen LogP contribution in [0.25, 0.3) is 10.9 Å². The summed E-state index contributed by atoms with van der Waals surface area (Å²) in [4.78, 5) is 12.1. The van der Waals surface area contributed by atoms with Gasteiger partial charge in [0.05, 0.1) is 14.2 Å². The molecule has 0 saturated heterocycles. The number of hydrogen-bond acceptors (Lipinski definition) is 3. The topological polar surface area (TPSA) is 40.5 Å². The number of aromatic nitrogens is 1. The van der Waals surface area contributed by atoms with Gasteiger partial charge in [-0.25, -0.2) is 0 Å². The van der Waals surface area contributed by atoms with Crippen LogP contribution in [0, 0.1) is 6.92 Å². The minimum absolute atomic E-state index is 0.110. The summed E-state index contributed by atoms with van der Waals surface area (Å²) in [5.41, 5.74) is 4.11. The summed E-state index contributed by atoms with van der Waals surface area (Å²) < 4.78 is 12.9. The second kappa shape index (κ2) is 7.01. The van der Waals surface area contributed by atoms with Crippen LogP contribution in [-0.4, -0.2) is 24.6 Å². The predicted octanol–water partition coefficient (Wildman–Crippen LogP) is 4.41. The molecule has 4 heteroatoms. The zero-order chi connectivity index (χ0) is 18.0. The Bertz CT molecular complexity index is 924. The number of hydrogen-bond donors (Lipinski definition) is 0. The first-order chi connectivity index (χ1) is 12.1. The molecule has 3 aromatic rings. The smallest absolute Gasteiger partial charge is 0.162 e. The highest BCUT2D eigenvalue weighted by molar-refractivity contribution is 6.08. The lowest BCUT2D eigenvalue weighted by molar-refractivity contribution is 0.101. The number of methoxy groups -OCH3 is 2. The summed E-state index contributed by atoms with van der Waals surface area (Å²) in [7, 11) is 3.28. The monoisotopic (exact) mass is 337 g/mol. The van der Waals surface area contributed by atoms with Crippen LogP contribution in [0.1, 0.15) is 28.5 Å². The van der Waals surface area contributed by atoms with Crippen molar-refractivity contribution in [3.05, 3.63) is 59.3 Å². The van der Waals surface area contributed by atoms with Crippen LogP contribution >= 0.6 is 0 Å². The van der Waals surface area contributed by atoms with Crippen molar-refractivity contribution in [3.8, 4) is 11.5 Å². The molecule has 1 aromatic heterocycles. The van der Waals surface area contributed by atoms with Gasteiger partial charge >= 0.3 is 0 Å². The Kier molecular flexibility index (Phi) is 4.79. The molecular formula is C21H23NO3. The molecule has 130 valence electrons. The van der Waals surface area contributed by atoms with Gasteiger partial charge in [-0.1, -0.05) is 24.3 Å². The van der Waals surface area contributed by atoms with Gasteiger partial charge < -0.3 is 14.0 Å². The Hall–Kier alpha value is -2.75. The number of benzene rings is 2. The third kappa shape index (κ3) is 3.12. The van der Waals surface area contributed by atoms with E-state index >= 15 is 0 Å². The zero-order valence-electron chi connectivity index (χ0n) is 15.1. The maximum Gasteiger partial charge on any atom is 0.162 e. The Balaban J connectivity index is 1.94. The van der Waals surface area contributed by atoms with E-state index in [-0.39, 0.29) is 5.78 Å². The van der Waals surface area contributed by atoms with Crippen LogP contribution in [0.15, 0.2) is 42.5 Å². The van der Waals surface area contributed by atoms with Gasteiger partial charge in [0, 0.05) is 28.7 Å². The van der Waals surface area contributed by atoms with Crippen molar-refractivity contribution < 1.29 is 14.3 Å². The van der Waals surface area contributed by atoms with Crippen LogP contribution in [0.5, 0.6) is 11.5 Å². The molecule has 0 aliphatic carbocycles. The quantitative estimate of drug-likeness (QED) is 0.626. The molecule has 0 radical (unpaired) electrons. The normalized spacial score (nSPS) is 10.9. The molecule has 0 saturated carbocycles. The van der Waals surface area contributed by atoms with Crippen LogP contribution in [-0.2, 0) is 13.0 Å². The molecule has 0 N–H and O–H groups in total. The standard InChI is InChI=1S/C21H23NO3/c1-14-21(15(2)23)17-7-5-6-8-18(17)22(14)12-11-16-9-10-19(24-3)20(13-16)25-4/h5-10,13H,11-12H2,1-4H3. The average Bonchev–Trinajstić information content (AvgIpc) is 2.91. The van der Waals surface area contributed by atoms with Gasteiger partial charge in [-0.3, -0.25) is 4.79 Å². The number of ketones is 1. The van der Waals surface area contributed by atoms with Crippen molar-refractivity contribution >= 4 is 16.7 Å². The molecular weight excluding hydrogens is 314 g/mol. The molecule has 1 heterocycles. The van der Waals surface area contributed by atoms with Crippen molar-refractivity contribution in [2.24, 2.45) is 0 Å². The van der Waals surface area contributed by atoms with Crippen LogP contribution in [0.3, 0.4) is 0 Å². The van der Waals surface area contributed by atoms with E-state index in [2.05, 4.69) is 10.6 Å². The lowest BCUT2D eigenvalue weighted by atomic mass is 10.1. The Morgan fingerprint density at radius 3 is 2.44 bits per heavy atom. The first kappa shape index (κ1) is 17.1. The van der Waals surface area contributed by atoms with Crippen molar-refractivity contribution in [1.29, 1.82) is 0 Å². The fourth-order valence-corrected chi connectivity index (χ4v) is 3.44. The predicted molar refractivity (Wildman–Crippen MR) is 99.9 cm³/mol. The van der Waals surface area contributed by atoms with E-state index in [1.807, 2.05) is 43.3 Å². The summed E-state index contributed by atoms with van der Waals surface area (Å²) in [6.45, 7) is 4.45. The number of rotatable bonds is 6. The van der Waals surface area contributed by atoms with E-state index in [4.69, 9.17) is 9.47 Å². The first-order valence-electron chi connectivity index (χ1n) is 8.36. The van der Waals surface area contributed by atoms with Gasteiger partial charge in [0.2, 0.25) is 0 Å². The number of fused-ring (bicyclic) bond motifs is 1. The number of carbonyl (C=O) groups excluding carboxylic acids is 1. The Morgan fingerprint density at radius 2 is 1.76 bits per heavy atom. The minimum Gasteiger partial charge on any atom is -0.493 e. The number of carbonyl (C=O) groups is 1. The third-order valence-corrected chi connectivity index (χ3v) is 4.65. The van der Waals surface area contributed by atoms with Gasteiger partial charge in [0.15, 0.2) is 17.3 Å². The second-order valence-electron chi connectivity index (χ2n) is 6.12. The van der Waals surface area contributed by atoms with Crippen LogP contribution in [0.2, 0.25) is 0 Å². The van der Waals surface area contributed by atoms with Crippen molar-refractivity contribution in [1.82, 2.24) is 4.57 Å². The van der Waals surface area contributed by atoms with E-state index < -0.39 is 0 Å². The van der Waals surface area contributed by atoms with E-state index in [9.17, 15) is 4.79 Å². The first-order valence-corrected chi connectivity index (χ1v) is 8.36. The maximum absolute atomic E-state index is 12.1. The molecule has 0 bridgehead atoms. The van der Waals surface area contributed by atoms with Crippen LogP contribution in [0.4, 0.5) is 0 Å². The largest absolute Gasteiger partial charge is 0.493 e. The average molecular weight is 337 g/mol. The van der Waals surface area contributed by atoms with Crippen molar-refractivity contribution in [2.45, 2.75) is 26.8 Å². The minimum atomic E-state index is 0.110. The Morgan fingerprint density at radius 1 is 1.04 bits per heavy atom. The van der Waals surface area contributed by atoms with Gasteiger partial charge in [-0.2, -0.15) is 0 Å². The molecule has 0 unspecified atom stereocenters. The number of para-hydroxylation sites is 1. The second-order valence-corrected chi connectivity index (χ2v) is 6.12. The highest BCUT2D eigenvalue weighted by Gasteiger charge is 2.16. The summed E-state index contributed by atoms with van der Waals surface area (Å²) in [6.07, 6.45) is 0.844. The molecule has 0 amide bonds. The molecule has 25 heavy (non-hydrogen) atoms. The maximum atomic E-state index is 12.1. The van der Waals surface area contributed by atoms with Gasteiger partial charge in [0.1, 0.15) is 0 Å². The highest BCUT2D eigenvalue weighted by atomic mass is 16.5. The summed E-state index contributed by atoms with van der Waals surface area (Å²) in [5, 5.41) is 1.03. The molecule has 0 aliphatic rings. The van der Waals surface area contributed by atoms with Gasteiger partial charge in [-0.05, 0) is 44.0 Å². The molecule has 2 aromatic carbocycles. The molecule has 3 rings (SSSR count). The van der Waals surface area contributed by atoms with E-state index in [1.54, 1.807) is 21.1 Å². The molecule has 0 spiro atoms. The zero-order valence-corrected chi connectivity index (χ0v) is 15.1.